The fourth-order valence-corrected chi connectivity index (χ4v) is 1.64. The van der Waals surface area contributed by atoms with Gasteiger partial charge in [0.25, 0.3) is 0 Å². The first-order valence-electron chi connectivity index (χ1n) is 4.67. The van der Waals surface area contributed by atoms with Crippen molar-refractivity contribution in [1.29, 1.82) is 0 Å². The molecule has 0 aliphatic heterocycles. The lowest BCUT2D eigenvalue weighted by molar-refractivity contribution is -0.109. The molecule has 0 aromatic heterocycles. The molecule has 1 aromatic carbocycles. The van der Waals surface area contributed by atoms with E-state index in [0.717, 1.165) is 0 Å². The molecule has 0 saturated carbocycles. The van der Waals surface area contributed by atoms with Crippen LogP contribution in [0.15, 0.2) is 18.2 Å². The number of rotatable bonds is 2. The van der Waals surface area contributed by atoms with Crippen molar-refractivity contribution in [2.45, 2.75) is 13.3 Å². The van der Waals surface area contributed by atoms with E-state index in [1.54, 1.807) is 12.1 Å². The zero-order valence-electron chi connectivity index (χ0n) is 8.72. The average Bonchev–Trinajstić information content (AvgIpc) is 2.20. The van der Waals surface area contributed by atoms with Crippen molar-refractivity contribution in [3.8, 4) is 11.8 Å². The summed E-state index contributed by atoms with van der Waals surface area (Å²) in [7, 11) is 0. The fourth-order valence-electron chi connectivity index (χ4n) is 0.994. The zero-order chi connectivity index (χ0) is 12.0. The van der Waals surface area contributed by atoms with Gasteiger partial charge in [0.05, 0.1) is 5.56 Å². The van der Waals surface area contributed by atoms with Crippen LogP contribution in [0.1, 0.15) is 18.9 Å². The third kappa shape index (κ3) is 4.69. The Morgan fingerprint density at radius 3 is 2.94 bits per heavy atom. The van der Waals surface area contributed by atoms with Gasteiger partial charge in [-0.1, -0.05) is 35.2 Å². The molecule has 4 heteroatoms. The maximum absolute atomic E-state index is 13.2. The molecule has 0 N–H and O–H groups in total. The molecule has 1 rings (SSSR count). The highest BCUT2D eigenvalue weighted by Gasteiger charge is 1.98. The second kappa shape index (κ2) is 6.57. The Kier molecular flexibility index (Phi) is 5.37. The van der Waals surface area contributed by atoms with Crippen LogP contribution in [0.4, 0.5) is 4.39 Å². The minimum atomic E-state index is -0.417. The van der Waals surface area contributed by atoms with Crippen LogP contribution in [0.5, 0.6) is 0 Å². The smallest absolute Gasteiger partial charge is 0.185 e. The normalized spacial score (nSPS) is 9.44. The van der Waals surface area contributed by atoms with Gasteiger partial charge in [-0.3, -0.25) is 4.79 Å². The third-order valence-electron chi connectivity index (χ3n) is 1.69. The van der Waals surface area contributed by atoms with E-state index >= 15 is 0 Å². The van der Waals surface area contributed by atoms with Crippen LogP contribution in [0.25, 0.3) is 0 Å². The predicted molar refractivity (Wildman–Crippen MR) is 66.0 cm³/mol. The molecule has 0 spiro atoms. The molecule has 0 unspecified atom stereocenters. The maximum atomic E-state index is 13.2. The van der Waals surface area contributed by atoms with E-state index in [9.17, 15) is 9.18 Å². The summed E-state index contributed by atoms with van der Waals surface area (Å²) in [5.41, 5.74) is 0.331. The van der Waals surface area contributed by atoms with Gasteiger partial charge in [0.15, 0.2) is 5.12 Å². The molecule has 0 amide bonds. The first-order valence-corrected chi connectivity index (χ1v) is 6.03. The number of carbonyl (C=O) groups is 1. The summed E-state index contributed by atoms with van der Waals surface area (Å²) in [6, 6.07) is 4.37. The Balaban J connectivity index is 2.53. The SMILES string of the molecule is CC(=O)SCCC#Cc1ccc(Cl)cc1F. The third-order valence-corrected chi connectivity index (χ3v) is 2.74. The lowest BCUT2D eigenvalue weighted by Gasteiger charge is -1.94. The van der Waals surface area contributed by atoms with Crippen molar-refractivity contribution in [3.63, 3.8) is 0 Å². The summed E-state index contributed by atoms with van der Waals surface area (Å²) in [6.07, 6.45) is 0.562. The summed E-state index contributed by atoms with van der Waals surface area (Å²) in [5, 5.41) is 0.426. The number of thioether (sulfide) groups is 1. The molecule has 16 heavy (non-hydrogen) atoms. The molecular weight excluding hydrogens is 247 g/mol. The second-order valence-corrected chi connectivity index (χ2v) is 4.72. The van der Waals surface area contributed by atoms with Gasteiger partial charge in [0, 0.05) is 24.1 Å². The van der Waals surface area contributed by atoms with E-state index in [-0.39, 0.29) is 5.12 Å². The number of carbonyl (C=O) groups excluding carboxylic acids is 1. The maximum Gasteiger partial charge on any atom is 0.185 e. The van der Waals surface area contributed by atoms with E-state index in [0.29, 0.717) is 22.8 Å². The Morgan fingerprint density at radius 2 is 2.31 bits per heavy atom. The number of benzene rings is 1. The Labute approximate surface area is 103 Å². The van der Waals surface area contributed by atoms with Gasteiger partial charge in [-0.05, 0) is 18.2 Å². The number of hydrogen-bond donors (Lipinski definition) is 0. The summed E-state index contributed by atoms with van der Waals surface area (Å²) < 4.78 is 13.2. The molecule has 0 atom stereocenters. The van der Waals surface area contributed by atoms with Crippen LogP contribution in [0, 0.1) is 17.7 Å². The van der Waals surface area contributed by atoms with Gasteiger partial charge < -0.3 is 0 Å². The molecule has 0 aliphatic rings. The van der Waals surface area contributed by atoms with Crippen molar-refractivity contribution in [3.05, 3.63) is 34.6 Å². The minimum absolute atomic E-state index is 0.0690. The van der Waals surface area contributed by atoms with Crippen LogP contribution in [-0.4, -0.2) is 10.9 Å². The lowest BCUT2D eigenvalue weighted by atomic mass is 10.2. The summed E-state index contributed by atoms with van der Waals surface area (Å²) >= 11 is 6.82. The molecule has 0 saturated heterocycles. The predicted octanol–water partition coefficient (Wildman–Crippen LogP) is 3.50. The quantitative estimate of drug-likeness (QED) is 0.595. The van der Waals surface area contributed by atoms with Crippen LogP contribution in [0.2, 0.25) is 5.02 Å². The first kappa shape index (κ1) is 13.1. The first-order chi connectivity index (χ1) is 7.59. The zero-order valence-corrected chi connectivity index (χ0v) is 10.3. The van der Waals surface area contributed by atoms with Gasteiger partial charge in [-0.25, -0.2) is 4.39 Å². The molecule has 0 fully saturated rings. The summed E-state index contributed by atoms with van der Waals surface area (Å²) in [5.74, 6) is 5.74. The van der Waals surface area contributed by atoms with Crippen molar-refractivity contribution in [1.82, 2.24) is 0 Å². The van der Waals surface area contributed by atoms with E-state index in [2.05, 4.69) is 11.8 Å². The molecule has 0 heterocycles. The molecule has 1 aromatic rings. The highest BCUT2D eigenvalue weighted by molar-refractivity contribution is 8.13. The van der Waals surface area contributed by atoms with Crippen molar-refractivity contribution < 1.29 is 9.18 Å². The molecule has 0 aliphatic carbocycles. The van der Waals surface area contributed by atoms with Gasteiger partial charge in [0.2, 0.25) is 0 Å². The Hall–Kier alpha value is -0.980. The molecular formula is C12H10ClFOS. The Bertz CT molecular complexity index is 448. The van der Waals surface area contributed by atoms with Crippen LogP contribution < -0.4 is 0 Å². The fraction of sp³-hybridized carbons (Fsp3) is 0.250. The van der Waals surface area contributed by atoms with Gasteiger partial charge in [0.1, 0.15) is 5.82 Å². The van der Waals surface area contributed by atoms with Crippen LogP contribution >= 0.6 is 23.4 Å². The van der Waals surface area contributed by atoms with E-state index in [1.807, 2.05) is 0 Å². The monoisotopic (exact) mass is 256 g/mol. The molecule has 0 radical (unpaired) electrons. The Morgan fingerprint density at radius 1 is 1.56 bits per heavy atom. The molecule has 1 nitrogen and oxygen atoms in total. The largest absolute Gasteiger partial charge is 0.288 e. The number of halogens is 2. The van der Waals surface area contributed by atoms with Gasteiger partial charge >= 0.3 is 0 Å². The average molecular weight is 257 g/mol. The number of hydrogen-bond acceptors (Lipinski definition) is 2. The van der Waals surface area contributed by atoms with Crippen LogP contribution in [-0.2, 0) is 4.79 Å². The highest BCUT2D eigenvalue weighted by Crippen LogP contribution is 2.13. The molecule has 0 bridgehead atoms. The van der Waals surface area contributed by atoms with Crippen molar-refractivity contribution in [2.75, 3.05) is 5.75 Å². The van der Waals surface area contributed by atoms with E-state index in [4.69, 9.17) is 11.6 Å². The van der Waals surface area contributed by atoms with E-state index < -0.39 is 5.82 Å². The van der Waals surface area contributed by atoms with Gasteiger partial charge in [-0.15, -0.1) is 0 Å². The lowest BCUT2D eigenvalue weighted by Crippen LogP contribution is -1.85. The van der Waals surface area contributed by atoms with E-state index in [1.165, 1.54) is 24.8 Å². The minimum Gasteiger partial charge on any atom is -0.288 e. The van der Waals surface area contributed by atoms with Gasteiger partial charge in [-0.2, -0.15) is 0 Å². The summed E-state index contributed by atoms with van der Waals surface area (Å²) in [4.78, 5) is 10.6. The highest BCUT2D eigenvalue weighted by atomic mass is 35.5. The standard InChI is InChI=1S/C12H10ClFOS/c1-9(15)16-7-3-2-4-10-5-6-11(13)8-12(10)14/h5-6,8H,3,7H2,1H3. The molecule has 84 valence electrons. The van der Waals surface area contributed by atoms with Crippen molar-refractivity contribution in [2.24, 2.45) is 0 Å². The summed E-state index contributed by atoms with van der Waals surface area (Å²) in [6.45, 7) is 1.51. The van der Waals surface area contributed by atoms with Crippen molar-refractivity contribution >= 4 is 28.5 Å². The van der Waals surface area contributed by atoms with Crippen LogP contribution in [0.3, 0.4) is 0 Å². The second-order valence-electron chi connectivity index (χ2n) is 3.02. The topological polar surface area (TPSA) is 17.1 Å².